The Morgan fingerprint density at radius 3 is 2.75 bits per heavy atom. The van der Waals surface area contributed by atoms with Gasteiger partial charge < -0.3 is 9.47 Å². The van der Waals surface area contributed by atoms with E-state index in [1.54, 1.807) is 0 Å². The normalized spacial score (nSPS) is 24.3. The molecule has 0 aromatic carbocycles. The van der Waals surface area contributed by atoms with Crippen molar-refractivity contribution in [3.8, 4) is 0 Å². The van der Waals surface area contributed by atoms with Gasteiger partial charge in [0, 0.05) is 19.6 Å². The van der Waals surface area contributed by atoms with E-state index in [0.717, 1.165) is 32.3 Å². The van der Waals surface area contributed by atoms with Crippen molar-refractivity contribution in [2.24, 2.45) is 0 Å². The molecule has 0 bridgehead atoms. The van der Waals surface area contributed by atoms with Gasteiger partial charge in [0.05, 0.1) is 6.10 Å². The highest BCUT2D eigenvalue weighted by molar-refractivity contribution is 5.86. The van der Waals surface area contributed by atoms with E-state index in [4.69, 9.17) is 9.47 Å². The Morgan fingerprint density at radius 2 is 2.25 bits per heavy atom. The Kier molecular flexibility index (Phi) is 5.42. The van der Waals surface area contributed by atoms with Gasteiger partial charge in [0.15, 0.2) is 5.78 Å². The summed E-state index contributed by atoms with van der Waals surface area (Å²) in [5.41, 5.74) is -0.590. The first kappa shape index (κ1) is 13.7. The standard InChI is InChI=1S/C13H24O3/c1-4-13(3,16-5-2)12(14)9-8-11-7-6-10-15-11/h11H,4-10H2,1-3H3. The molecular formula is C13H24O3. The SMILES string of the molecule is CCOC(C)(CC)C(=O)CCC1CCCO1. The van der Waals surface area contributed by atoms with Crippen LogP contribution in [-0.4, -0.2) is 30.7 Å². The number of ketones is 1. The molecule has 0 radical (unpaired) electrons. The summed E-state index contributed by atoms with van der Waals surface area (Å²) < 4.78 is 11.1. The third-order valence-electron chi connectivity index (χ3n) is 3.44. The Bertz CT molecular complexity index is 221. The molecule has 1 aliphatic heterocycles. The second kappa shape index (κ2) is 6.36. The van der Waals surface area contributed by atoms with Crippen LogP contribution < -0.4 is 0 Å². The van der Waals surface area contributed by atoms with Crippen LogP contribution >= 0.6 is 0 Å². The van der Waals surface area contributed by atoms with Gasteiger partial charge in [0.2, 0.25) is 0 Å². The van der Waals surface area contributed by atoms with Gasteiger partial charge in [-0.2, -0.15) is 0 Å². The van der Waals surface area contributed by atoms with Gasteiger partial charge in [-0.1, -0.05) is 6.92 Å². The molecule has 3 heteroatoms. The van der Waals surface area contributed by atoms with Gasteiger partial charge in [-0.3, -0.25) is 4.79 Å². The quantitative estimate of drug-likeness (QED) is 0.672. The van der Waals surface area contributed by atoms with E-state index >= 15 is 0 Å². The maximum absolute atomic E-state index is 12.1. The highest BCUT2D eigenvalue weighted by atomic mass is 16.5. The highest BCUT2D eigenvalue weighted by Gasteiger charge is 2.31. The van der Waals surface area contributed by atoms with Crippen LogP contribution in [0.2, 0.25) is 0 Å². The Balaban J connectivity index is 2.36. The average Bonchev–Trinajstić information content (AvgIpc) is 2.78. The van der Waals surface area contributed by atoms with E-state index in [9.17, 15) is 4.79 Å². The molecular weight excluding hydrogens is 204 g/mol. The molecule has 0 aliphatic carbocycles. The molecule has 0 spiro atoms. The third-order valence-corrected chi connectivity index (χ3v) is 3.44. The van der Waals surface area contributed by atoms with Crippen molar-refractivity contribution in [1.82, 2.24) is 0 Å². The first-order valence-corrected chi connectivity index (χ1v) is 6.41. The van der Waals surface area contributed by atoms with Crippen LogP contribution in [0.5, 0.6) is 0 Å². The monoisotopic (exact) mass is 228 g/mol. The summed E-state index contributed by atoms with van der Waals surface area (Å²) in [4.78, 5) is 12.1. The Hall–Kier alpha value is -0.410. The predicted octanol–water partition coefficient (Wildman–Crippen LogP) is 2.72. The Labute approximate surface area is 98.5 Å². The summed E-state index contributed by atoms with van der Waals surface area (Å²) in [5, 5.41) is 0. The third kappa shape index (κ3) is 3.56. The first-order chi connectivity index (χ1) is 7.62. The van der Waals surface area contributed by atoms with Crippen molar-refractivity contribution in [3.63, 3.8) is 0 Å². The van der Waals surface area contributed by atoms with Crippen molar-refractivity contribution in [2.75, 3.05) is 13.2 Å². The van der Waals surface area contributed by atoms with Gasteiger partial charge in [-0.25, -0.2) is 0 Å². The lowest BCUT2D eigenvalue weighted by atomic mass is 9.93. The van der Waals surface area contributed by atoms with E-state index in [2.05, 4.69) is 0 Å². The van der Waals surface area contributed by atoms with E-state index in [1.807, 2.05) is 20.8 Å². The van der Waals surface area contributed by atoms with Crippen LogP contribution in [0.15, 0.2) is 0 Å². The zero-order valence-electron chi connectivity index (χ0n) is 10.8. The molecule has 0 saturated carbocycles. The van der Waals surface area contributed by atoms with Crippen molar-refractivity contribution in [2.45, 2.75) is 64.6 Å². The lowest BCUT2D eigenvalue weighted by Gasteiger charge is -2.27. The molecule has 1 rings (SSSR count). The van der Waals surface area contributed by atoms with Crippen LogP contribution in [0, 0.1) is 0 Å². The lowest BCUT2D eigenvalue weighted by molar-refractivity contribution is -0.143. The average molecular weight is 228 g/mol. The molecule has 1 aliphatic rings. The van der Waals surface area contributed by atoms with Crippen LogP contribution in [0.3, 0.4) is 0 Å². The fraction of sp³-hybridized carbons (Fsp3) is 0.923. The van der Waals surface area contributed by atoms with Gasteiger partial charge >= 0.3 is 0 Å². The minimum absolute atomic E-state index is 0.215. The molecule has 3 nitrogen and oxygen atoms in total. The van der Waals surface area contributed by atoms with E-state index in [-0.39, 0.29) is 5.78 Å². The van der Waals surface area contributed by atoms with Crippen molar-refractivity contribution >= 4 is 5.78 Å². The summed E-state index contributed by atoms with van der Waals surface area (Å²) in [7, 11) is 0. The number of carbonyl (C=O) groups excluding carboxylic acids is 1. The van der Waals surface area contributed by atoms with Crippen molar-refractivity contribution < 1.29 is 14.3 Å². The van der Waals surface area contributed by atoms with E-state index in [0.29, 0.717) is 19.1 Å². The molecule has 1 fully saturated rings. The van der Waals surface area contributed by atoms with E-state index < -0.39 is 5.60 Å². The number of hydrogen-bond donors (Lipinski definition) is 0. The number of Topliss-reactive ketones (excluding diaryl/α,β-unsaturated/α-hetero) is 1. The van der Waals surface area contributed by atoms with Crippen LogP contribution in [0.4, 0.5) is 0 Å². The van der Waals surface area contributed by atoms with Crippen molar-refractivity contribution in [1.29, 1.82) is 0 Å². The number of rotatable bonds is 7. The topological polar surface area (TPSA) is 35.5 Å². The second-order valence-corrected chi connectivity index (χ2v) is 4.61. The molecule has 1 saturated heterocycles. The second-order valence-electron chi connectivity index (χ2n) is 4.61. The maximum atomic E-state index is 12.1. The Morgan fingerprint density at radius 1 is 1.50 bits per heavy atom. The molecule has 0 aromatic rings. The van der Waals surface area contributed by atoms with Gasteiger partial charge in [0.1, 0.15) is 5.60 Å². The highest BCUT2D eigenvalue weighted by Crippen LogP contribution is 2.22. The molecule has 2 atom stereocenters. The molecule has 0 aromatic heterocycles. The zero-order chi connectivity index (χ0) is 12.0. The van der Waals surface area contributed by atoms with Gasteiger partial charge in [0.25, 0.3) is 0 Å². The number of ether oxygens (including phenoxy) is 2. The van der Waals surface area contributed by atoms with Crippen LogP contribution in [0.1, 0.15) is 52.9 Å². The summed E-state index contributed by atoms with van der Waals surface area (Å²) in [6.07, 6.45) is 4.70. The van der Waals surface area contributed by atoms with Gasteiger partial charge in [-0.15, -0.1) is 0 Å². The van der Waals surface area contributed by atoms with Crippen LogP contribution in [0.25, 0.3) is 0 Å². The summed E-state index contributed by atoms with van der Waals surface area (Å²) in [5.74, 6) is 0.215. The molecule has 1 heterocycles. The zero-order valence-corrected chi connectivity index (χ0v) is 10.8. The largest absolute Gasteiger partial charge is 0.378 e. The summed E-state index contributed by atoms with van der Waals surface area (Å²) in [6.45, 7) is 7.28. The first-order valence-electron chi connectivity index (χ1n) is 6.41. The van der Waals surface area contributed by atoms with Gasteiger partial charge in [-0.05, 0) is 39.5 Å². The number of hydrogen-bond acceptors (Lipinski definition) is 3. The fourth-order valence-corrected chi connectivity index (χ4v) is 2.13. The molecule has 2 unspecified atom stereocenters. The maximum Gasteiger partial charge on any atom is 0.164 e. The molecule has 94 valence electrons. The minimum Gasteiger partial charge on any atom is -0.378 e. The summed E-state index contributed by atoms with van der Waals surface area (Å²) in [6, 6.07) is 0. The summed E-state index contributed by atoms with van der Waals surface area (Å²) >= 11 is 0. The number of carbonyl (C=O) groups is 1. The smallest absolute Gasteiger partial charge is 0.164 e. The fourth-order valence-electron chi connectivity index (χ4n) is 2.13. The molecule has 0 N–H and O–H groups in total. The van der Waals surface area contributed by atoms with Crippen molar-refractivity contribution in [3.05, 3.63) is 0 Å². The molecule has 0 amide bonds. The van der Waals surface area contributed by atoms with Crippen LogP contribution in [-0.2, 0) is 14.3 Å². The lowest BCUT2D eigenvalue weighted by Crippen LogP contribution is -2.38. The van der Waals surface area contributed by atoms with E-state index in [1.165, 1.54) is 0 Å². The minimum atomic E-state index is -0.590. The molecule has 16 heavy (non-hydrogen) atoms. The predicted molar refractivity (Wildman–Crippen MR) is 63.5 cm³/mol.